The lowest BCUT2D eigenvalue weighted by Gasteiger charge is -2.22. The number of methoxy groups -OCH3 is 1. The molecule has 0 saturated carbocycles. The van der Waals surface area contributed by atoms with Gasteiger partial charge in [0.25, 0.3) is 5.91 Å². The number of aliphatic carboxylic acids is 1. The molecule has 17 heavy (non-hydrogen) atoms. The third-order valence-electron chi connectivity index (χ3n) is 3.07. The normalized spacial score (nSPS) is 23.9. The Kier molecular flexibility index (Phi) is 3.17. The lowest BCUT2D eigenvalue weighted by molar-refractivity contribution is -0.160. The maximum Gasteiger partial charge on any atom is 0.337 e. The Bertz CT molecular complexity index is 431. The Morgan fingerprint density at radius 2 is 2.35 bits per heavy atom. The molecule has 1 fully saturated rings. The summed E-state index contributed by atoms with van der Waals surface area (Å²) in [5.74, 6) is -1.15. The third-order valence-corrected chi connectivity index (χ3v) is 3.75. The lowest BCUT2D eigenvalue weighted by atomic mass is 10.0. The molecular formula is C11H13NO4S. The maximum absolute atomic E-state index is 12.0. The van der Waals surface area contributed by atoms with Crippen LogP contribution in [0.2, 0.25) is 0 Å². The summed E-state index contributed by atoms with van der Waals surface area (Å²) in [6, 6.07) is 1.74. The number of amides is 1. The highest BCUT2D eigenvalue weighted by Gasteiger charge is 2.46. The first-order valence-corrected chi connectivity index (χ1v) is 6.13. The largest absolute Gasteiger partial charge is 0.479 e. The molecule has 1 amide bonds. The van der Waals surface area contributed by atoms with E-state index >= 15 is 0 Å². The van der Waals surface area contributed by atoms with Gasteiger partial charge in [-0.2, -0.15) is 11.3 Å². The van der Waals surface area contributed by atoms with E-state index in [-0.39, 0.29) is 12.5 Å². The number of carbonyl (C=O) groups excluding carboxylic acids is 1. The zero-order valence-corrected chi connectivity index (χ0v) is 10.2. The molecule has 0 radical (unpaired) electrons. The maximum atomic E-state index is 12.0. The van der Waals surface area contributed by atoms with Crippen molar-refractivity contribution in [3.05, 3.63) is 22.4 Å². The molecule has 5 nitrogen and oxygen atoms in total. The van der Waals surface area contributed by atoms with Gasteiger partial charge in [0.05, 0.1) is 12.1 Å². The van der Waals surface area contributed by atoms with Crippen LogP contribution < -0.4 is 0 Å². The monoisotopic (exact) mass is 255 g/mol. The van der Waals surface area contributed by atoms with E-state index in [1.54, 1.807) is 11.4 Å². The van der Waals surface area contributed by atoms with Gasteiger partial charge in [-0.1, -0.05) is 0 Å². The quantitative estimate of drug-likeness (QED) is 0.877. The van der Waals surface area contributed by atoms with Crippen LogP contribution in [0.25, 0.3) is 0 Å². The Morgan fingerprint density at radius 3 is 2.82 bits per heavy atom. The summed E-state index contributed by atoms with van der Waals surface area (Å²) in [5.41, 5.74) is -0.640. The molecule has 0 spiro atoms. The fourth-order valence-corrected chi connectivity index (χ4v) is 2.58. The molecular weight excluding hydrogens is 242 g/mol. The minimum atomic E-state index is -1.24. The van der Waals surface area contributed by atoms with Crippen molar-refractivity contribution in [2.24, 2.45) is 0 Å². The van der Waals surface area contributed by atoms with Gasteiger partial charge in [-0.15, -0.1) is 0 Å². The Morgan fingerprint density at radius 1 is 1.59 bits per heavy atom. The molecule has 1 aromatic rings. The van der Waals surface area contributed by atoms with Crippen molar-refractivity contribution in [3.8, 4) is 0 Å². The first-order chi connectivity index (χ1) is 8.09. The SMILES string of the molecule is COC1(C(=O)O)CCN(C(=O)c2ccsc2)C1. The molecule has 0 bridgehead atoms. The van der Waals surface area contributed by atoms with Gasteiger partial charge in [0.2, 0.25) is 0 Å². The van der Waals surface area contributed by atoms with Crippen molar-refractivity contribution in [1.29, 1.82) is 0 Å². The zero-order valence-electron chi connectivity index (χ0n) is 9.38. The van der Waals surface area contributed by atoms with Crippen LogP contribution in [0, 0.1) is 0 Å². The fourth-order valence-electron chi connectivity index (χ4n) is 1.95. The number of carbonyl (C=O) groups is 2. The molecule has 6 heteroatoms. The second-order valence-corrected chi connectivity index (χ2v) is 4.77. The van der Waals surface area contributed by atoms with Gasteiger partial charge in [-0.25, -0.2) is 4.79 Å². The Balaban J connectivity index is 2.12. The number of thiophene rings is 1. The van der Waals surface area contributed by atoms with Gasteiger partial charge >= 0.3 is 5.97 Å². The van der Waals surface area contributed by atoms with Crippen molar-refractivity contribution in [2.45, 2.75) is 12.0 Å². The van der Waals surface area contributed by atoms with Crippen LogP contribution in [0.15, 0.2) is 16.8 Å². The van der Waals surface area contributed by atoms with Gasteiger partial charge in [0, 0.05) is 25.5 Å². The smallest absolute Gasteiger partial charge is 0.337 e. The van der Waals surface area contributed by atoms with Crippen LogP contribution >= 0.6 is 11.3 Å². The number of nitrogens with zero attached hydrogens (tertiary/aromatic N) is 1. The van der Waals surface area contributed by atoms with E-state index in [0.29, 0.717) is 18.5 Å². The van der Waals surface area contributed by atoms with Crippen LogP contribution in [-0.4, -0.2) is 47.7 Å². The summed E-state index contributed by atoms with van der Waals surface area (Å²) < 4.78 is 5.07. The van der Waals surface area contributed by atoms with E-state index < -0.39 is 11.6 Å². The second kappa shape index (κ2) is 4.46. The Hall–Kier alpha value is -1.40. The number of carboxylic acids is 1. The van der Waals surface area contributed by atoms with Crippen molar-refractivity contribution >= 4 is 23.2 Å². The third kappa shape index (κ3) is 2.05. The van der Waals surface area contributed by atoms with Gasteiger partial charge < -0.3 is 14.7 Å². The van der Waals surface area contributed by atoms with Gasteiger partial charge in [0.1, 0.15) is 0 Å². The summed E-state index contributed by atoms with van der Waals surface area (Å²) >= 11 is 1.44. The zero-order chi connectivity index (χ0) is 12.5. The number of rotatable bonds is 3. The van der Waals surface area contributed by atoms with Crippen molar-refractivity contribution in [3.63, 3.8) is 0 Å². The molecule has 92 valence electrons. The summed E-state index contributed by atoms with van der Waals surface area (Å²) in [6.45, 7) is 0.516. The van der Waals surface area contributed by atoms with E-state index in [4.69, 9.17) is 9.84 Å². The molecule has 1 unspecified atom stereocenters. The van der Waals surface area contributed by atoms with Crippen molar-refractivity contribution in [1.82, 2.24) is 4.90 Å². The Labute approximate surface area is 103 Å². The van der Waals surface area contributed by atoms with E-state index in [1.165, 1.54) is 23.3 Å². The van der Waals surface area contributed by atoms with Crippen LogP contribution in [0.4, 0.5) is 0 Å². The van der Waals surface area contributed by atoms with E-state index in [1.807, 2.05) is 5.38 Å². The summed E-state index contributed by atoms with van der Waals surface area (Å²) in [5, 5.41) is 12.7. The number of ether oxygens (including phenoxy) is 1. The standard InChI is InChI=1S/C11H13NO4S/c1-16-11(10(14)15)3-4-12(7-11)9(13)8-2-5-17-6-8/h2,5-6H,3-4,7H2,1H3,(H,14,15). The predicted octanol–water partition coefficient (Wildman–Crippen LogP) is 1.06. The van der Waals surface area contributed by atoms with E-state index in [2.05, 4.69) is 0 Å². The first kappa shape index (κ1) is 12.1. The molecule has 1 N–H and O–H groups in total. The van der Waals surface area contributed by atoms with Crippen LogP contribution in [-0.2, 0) is 9.53 Å². The van der Waals surface area contributed by atoms with Crippen LogP contribution in [0.5, 0.6) is 0 Å². The van der Waals surface area contributed by atoms with Gasteiger partial charge in [0.15, 0.2) is 5.60 Å². The van der Waals surface area contributed by atoms with Crippen LogP contribution in [0.3, 0.4) is 0 Å². The summed E-state index contributed by atoms with van der Waals surface area (Å²) in [7, 11) is 1.37. The number of carboxylic acid groups (broad SMARTS) is 1. The van der Waals surface area contributed by atoms with Crippen molar-refractivity contribution in [2.75, 3.05) is 20.2 Å². The highest BCUT2D eigenvalue weighted by Crippen LogP contribution is 2.26. The summed E-state index contributed by atoms with van der Waals surface area (Å²) in [6.07, 6.45) is 0.328. The minimum absolute atomic E-state index is 0.105. The van der Waals surface area contributed by atoms with Crippen molar-refractivity contribution < 1.29 is 19.4 Å². The number of hydrogen-bond acceptors (Lipinski definition) is 4. The molecule has 1 saturated heterocycles. The lowest BCUT2D eigenvalue weighted by Crippen LogP contribution is -2.44. The topological polar surface area (TPSA) is 66.8 Å². The summed E-state index contributed by atoms with van der Waals surface area (Å²) in [4.78, 5) is 24.7. The molecule has 2 rings (SSSR count). The molecule has 1 aromatic heterocycles. The van der Waals surface area contributed by atoms with Crippen LogP contribution in [0.1, 0.15) is 16.8 Å². The molecule has 1 aliphatic rings. The predicted molar refractivity (Wildman–Crippen MR) is 62.2 cm³/mol. The molecule has 2 heterocycles. The molecule has 1 aliphatic heterocycles. The average molecular weight is 255 g/mol. The molecule has 0 aromatic carbocycles. The number of likely N-dealkylation sites (tertiary alicyclic amines) is 1. The molecule has 1 atom stereocenters. The van der Waals surface area contributed by atoms with E-state index in [0.717, 1.165) is 0 Å². The minimum Gasteiger partial charge on any atom is -0.479 e. The first-order valence-electron chi connectivity index (χ1n) is 5.19. The highest BCUT2D eigenvalue weighted by atomic mass is 32.1. The van der Waals surface area contributed by atoms with E-state index in [9.17, 15) is 9.59 Å². The van der Waals surface area contributed by atoms with Gasteiger partial charge in [-0.3, -0.25) is 4.79 Å². The molecule has 0 aliphatic carbocycles. The highest BCUT2D eigenvalue weighted by molar-refractivity contribution is 7.08. The fraction of sp³-hybridized carbons (Fsp3) is 0.455. The number of hydrogen-bond donors (Lipinski definition) is 1. The second-order valence-electron chi connectivity index (χ2n) is 3.99. The van der Waals surface area contributed by atoms with Gasteiger partial charge in [-0.05, 0) is 11.4 Å². The average Bonchev–Trinajstić information content (AvgIpc) is 2.98.